The van der Waals surface area contributed by atoms with Gasteiger partial charge in [0.2, 0.25) is 0 Å². The maximum absolute atomic E-state index is 11.6. The van der Waals surface area contributed by atoms with Gasteiger partial charge in [0.05, 0.1) is 17.1 Å². The van der Waals surface area contributed by atoms with Gasteiger partial charge in [-0.15, -0.1) is 0 Å². The molecule has 0 saturated heterocycles. The lowest BCUT2D eigenvalue weighted by molar-refractivity contribution is -0.122. The minimum atomic E-state index is -0.447. The van der Waals surface area contributed by atoms with Crippen LogP contribution in [0.25, 0.3) is 11.3 Å². The van der Waals surface area contributed by atoms with Gasteiger partial charge in [-0.2, -0.15) is 5.10 Å². The molecule has 0 saturated carbocycles. The van der Waals surface area contributed by atoms with Gasteiger partial charge in [0.25, 0.3) is 5.91 Å². The second kappa shape index (κ2) is 4.12. The number of hydrogen-bond donors (Lipinski definition) is 1. The van der Waals surface area contributed by atoms with Gasteiger partial charge in [-0.3, -0.25) is 9.48 Å². The molecule has 1 aromatic carbocycles. The third-order valence-corrected chi connectivity index (χ3v) is 3.21. The molecule has 1 N–H and O–H groups in total. The fourth-order valence-electron chi connectivity index (χ4n) is 2.25. The smallest absolute Gasteiger partial charge is 0.265 e. The normalized spacial score (nSPS) is 17.6. The molecule has 1 atom stereocenters. The first-order chi connectivity index (χ1) is 9.04. The van der Waals surface area contributed by atoms with Crippen molar-refractivity contribution in [3.63, 3.8) is 0 Å². The minimum absolute atomic E-state index is 0.120. The molecule has 0 radical (unpaired) electrons. The molecule has 5 heteroatoms. The van der Waals surface area contributed by atoms with E-state index in [1.165, 1.54) is 0 Å². The SMILES string of the molecule is Cc1cc(-c2ccc3c(c2)NC(=O)C(C)O3)n(C)n1. The van der Waals surface area contributed by atoms with Gasteiger partial charge in [-0.25, -0.2) is 0 Å². The second-order valence-electron chi connectivity index (χ2n) is 4.75. The van der Waals surface area contributed by atoms with Crippen molar-refractivity contribution in [2.24, 2.45) is 7.05 Å². The van der Waals surface area contributed by atoms with Gasteiger partial charge in [0.15, 0.2) is 6.10 Å². The minimum Gasteiger partial charge on any atom is -0.479 e. The number of fused-ring (bicyclic) bond motifs is 1. The summed E-state index contributed by atoms with van der Waals surface area (Å²) in [5.41, 5.74) is 3.68. The Morgan fingerprint density at radius 3 is 2.84 bits per heavy atom. The molecule has 5 nitrogen and oxygen atoms in total. The van der Waals surface area contributed by atoms with E-state index in [2.05, 4.69) is 10.4 Å². The van der Waals surface area contributed by atoms with Crippen LogP contribution in [0, 0.1) is 6.92 Å². The van der Waals surface area contributed by atoms with Crippen LogP contribution in [0.5, 0.6) is 5.75 Å². The molecule has 1 amide bonds. The first-order valence-corrected chi connectivity index (χ1v) is 6.17. The van der Waals surface area contributed by atoms with E-state index in [0.29, 0.717) is 11.4 Å². The van der Waals surface area contributed by atoms with Crippen molar-refractivity contribution in [2.75, 3.05) is 5.32 Å². The summed E-state index contributed by atoms with van der Waals surface area (Å²) >= 11 is 0. The summed E-state index contributed by atoms with van der Waals surface area (Å²) < 4.78 is 7.36. The molecule has 1 aromatic heterocycles. The van der Waals surface area contributed by atoms with Gasteiger partial charge in [0, 0.05) is 12.6 Å². The average Bonchev–Trinajstić information content (AvgIpc) is 2.69. The summed E-state index contributed by atoms with van der Waals surface area (Å²) in [6.07, 6.45) is -0.447. The number of aryl methyl sites for hydroxylation is 2. The van der Waals surface area contributed by atoms with Crippen molar-refractivity contribution in [1.29, 1.82) is 0 Å². The number of carbonyl (C=O) groups excluding carboxylic acids is 1. The summed E-state index contributed by atoms with van der Waals surface area (Å²) in [5.74, 6) is 0.584. The molecular formula is C14H15N3O2. The number of ether oxygens (including phenoxy) is 1. The number of nitrogens with zero attached hydrogens (tertiary/aromatic N) is 2. The summed E-state index contributed by atoms with van der Waals surface area (Å²) in [7, 11) is 1.90. The number of benzene rings is 1. The Balaban J connectivity index is 2.05. The standard InChI is InChI=1S/C14H15N3O2/c1-8-6-12(17(3)16-8)10-4-5-13-11(7-10)15-14(18)9(2)19-13/h4-7,9H,1-3H3,(H,15,18). The second-order valence-corrected chi connectivity index (χ2v) is 4.75. The van der Waals surface area contributed by atoms with Crippen molar-refractivity contribution in [3.8, 4) is 17.0 Å². The Kier molecular flexibility index (Phi) is 2.55. The number of aromatic nitrogens is 2. The lowest BCUT2D eigenvalue weighted by Gasteiger charge is -2.23. The Morgan fingerprint density at radius 2 is 2.16 bits per heavy atom. The number of nitrogens with one attached hydrogen (secondary N) is 1. The van der Waals surface area contributed by atoms with E-state index >= 15 is 0 Å². The fraction of sp³-hybridized carbons (Fsp3) is 0.286. The molecule has 2 heterocycles. The zero-order valence-electron chi connectivity index (χ0n) is 11.1. The highest BCUT2D eigenvalue weighted by Gasteiger charge is 2.23. The molecular weight excluding hydrogens is 242 g/mol. The maximum Gasteiger partial charge on any atom is 0.265 e. The molecule has 1 unspecified atom stereocenters. The van der Waals surface area contributed by atoms with E-state index in [4.69, 9.17) is 4.74 Å². The average molecular weight is 257 g/mol. The first-order valence-electron chi connectivity index (χ1n) is 6.17. The summed E-state index contributed by atoms with van der Waals surface area (Å²) in [4.78, 5) is 11.6. The van der Waals surface area contributed by atoms with Crippen LogP contribution < -0.4 is 10.1 Å². The van der Waals surface area contributed by atoms with Crippen LogP contribution in [0.4, 0.5) is 5.69 Å². The number of rotatable bonds is 1. The summed E-state index contributed by atoms with van der Waals surface area (Å²) in [6.45, 7) is 3.69. The number of anilines is 1. The maximum atomic E-state index is 11.6. The Bertz CT molecular complexity index is 661. The third kappa shape index (κ3) is 1.97. The van der Waals surface area contributed by atoms with Crippen LogP contribution in [0.1, 0.15) is 12.6 Å². The van der Waals surface area contributed by atoms with Crippen LogP contribution in [0.15, 0.2) is 24.3 Å². The van der Waals surface area contributed by atoms with E-state index in [0.717, 1.165) is 17.0 Å². The van der Waals surface area contributed by atoms with Crippen LogP contribution in [0.2, 0.25) is 0 Å². The van der Waals surface area contributed by atoms with Crippen molar-refractivity contribution in [3.05, 3.63) is 30.0 Å². The highest BCUT2D eigenvalue weighted by Crippen LogP contribution is 2.33. The van der Waals surface area contributed by atoms with E-state index < -0.39 is 6.10 Å². The van der Waals surface area contributed by atoms with Crippen molar-refractivity contribution < 1.29 is 9.53 Å². The molecule has 3 rings (SSSR count). The molecule has 19 heavy (non-hydrogen) atoms. The van der Waals surface area contributed by atoms with Gasteiger partial charge < -0.3 is 10.1 Å². The molecule has 0 aliphatic carbocycles. The molecule has 2 aromatic rings. The lowest BCUT2D eigenvalue weighted by Crippen LogP contribution is -2.34. The van der Waals surface area contributed by atoms with E-state index in [1.807, 2.05) is 42.9 Å². The van der Waals surface area contributed by atoms with E-state index in [9.17, 15) is 4.79 Å². The molecule has 0 bridgehead atoms. The zero-order chi connectivity index (χ0) is 13.6. The topological polar surface area (TPSA) is 56.1 Å². The molecule has 1 aliphatic heterocycles. The molecule has 98 valence electrons. The monoisotopic (exact) mass is 257 g/mol. The molecule has 1 aliphatic rings. The summed E-state index contributed by atoms with van der Waals surface area (Å²) in [6, 6.07) is 7.77. The summed E-state index contributed by atoms with van der Waals surface area (Å²) in [5, 5.41) is 7.18. The number of amides is 1. The Hall–Kier alpha value is -2.30. The van der Waals surface area contributed by atoms with Crippen molar-refractivity contribution in [1.82, 2.24) is 9.78 Å². The van der Waals surface area contributed by atoms with Gasteiger partial charge in [-0.05, 0) is 38.1 Å². The van der Waals surface area contributed by atoms with Crippen LogP contribution in [-0.2, 0) is 11.8 Å². The first kappa shape index (κ1) is 11.8. The molecule has 0 spiro atoms. The van der Waals surface area contributed by atoms with Crippen LogP contribution in [-0.4, -0.2) is 21.8 Å². The van der Waals surface area contributed by atoms with Crippen LogP contribution in [0.3, 0.4) is 0 Å². The van der Waals surface area contributed by atoms with E-state index in [1.54, 1.807) is 6.92 Å². The predicted molar refractivity (Wildman–Crippen MR) is 72.1 cm³/mol. The van der Waals surface area contributed by atoms with Gasteiger partial charge in [0.1, 0.15) is 5.75 Å². The Labute approximate surface area is 111 Å². The van der Waals surface area contributed by atoms with Crippen molar-refractivity contribution in [2.45, 2.75) is 20.0 Å². The number of hydrogen-bond acceptors (Lipinski definition) is 3. The van der Waals surface area contributed by atoms with E-state index in [-0.39, 0.29) is 5.91 Å². The lowest BCUT2D eigenvalue weighted by atomic mass is 10.1. The predicted octanol–water partition coefficient (Wildman–Crippen LogP) is 2.11. The van der Waals surface area contributed by atoms with Gasteiger partial charge in [-0.1, -0.05) is 0 Å². The zero-order valence-corrected chi connectivity index (χ0v) is 11.1. The highest BCUT2D eigenvalue weighted by molar-refractivity contribution is 5.98. The quantitative estimate of drug-likeness (QED) is 0.851. The highest BCUT2D eigenvalue weighted by atomic mass is 16.5. The fourth-order valence-corrected chi connectivity index (χ4v) is 2.25. The van der Waals surface area contributed by atoms with Crippen LogP contribution >= 0.6 is 0 Å². The largest absolute Gasteiger partial charge is 0.479 e. The molecule has 0 fully saturated rings. The third-order valence-electron chi connectivity index (χ3n) is 3.21. The van der Waals surface area contributed by atoms with Gasteiger partial charge >= 0.3 is 0 Å². The van der Waals surface area contributed by atoms with Crippen molar-refractivity contribution >= 4 is 11.6 Å². The Morgan fingerprint density at radius 1 is 1.37 bits per heavy atom. The number of carbonyl (C=O) groups is 1.